The largest absolute Gasteiger partial charge is 0.394 e. The standard InChI is InChI=1S/C18H18FN7O2/c19-15-10-22-18(24-14-9-23-26(11-14)7-8-27)25-16(15)12-1-3-13(4-2-12)17(28)21-6-5-20/h1-4,9-11,18,24-25,27H,6-8H2,(H,21,28). The molecule has 1 aromatic heterocycles. The molecule has 1 aromatic carbocycles. The number of carbonyl (C=O) groups excluding carboxylic acids is 1. The molecule has 0 saturated carbocycles. The average molecular weight is 383 g/mol. The lowest BCUT2D eigenvalue weighted by Gasteiger charge is -2.23. The summed E-state index contributed by atoms with van der Waals surface area (Å²) < 4.78 is 15.8. The molecule has 0 saturated heterocycles. The highest BCUT2D eigenvalue weighted by Crippen LogP contribution is 2.21. The Morgan fingerprint density at radius 2 is 2.18 bits per heavy atom. The predicted molar refractivity (Wildman–Crippen MR) is 101 cm³/mol. The van der Waals surface area contributed by atoms with Crippen LogP contribution in [0.5, 0.6) is 0 Å². The zero-order valence-electron chi connectivity index (χ0n) is 14.8. The Bertz CT molecular complexity index is 944. The maximum atomic E-state index is 14.3. The number of carbonyl (C=O) groups is 1. The number of aliphatic hydroxyl groups excluding tert-OH is 1. The molecule has 0 aliphatic carbocycles. The Kier molecular flexibility index (Phi) is 5.98. The predicted octanol–water partition coefficient (Wildman–Crippen LogP) is 0.837. The quantitative estimate of drug-likeness (QED) is 0.525. The van der Waals surface area contributed by atoms with Crippen molar-refractivity contribution in [2.75, 3.05) is 18.5 Å². The third kappa shape index (κ3) is 4.52. The van der Waals surface area contributed by atoms with Crippen LogP contribution in [-0.2, 0) is 6.54 Å². The summed E-state index contributed by atoms with van der Waals surface area (Å²) in [5.74, 6) is -0.907. The van der Waals surface area contributed by atoms with Gasteiger partial charge in [0.25, 0.3) is 5.91 Å². The summed E-state index contributed by atoms with van der Waals surface area (Å²) in [4.78, 5) is 15.9. The van der Waals surface area contributed by atoms with E-state index in [1.165, 1.54) is 0 Å². The molecule has 1 aliphatic rings. The van der Waals surface area contributed by atoms with Gasteiger partial charge in [-0.2, -0.15) is 10.4 Å². The van der Waals surface area contributed by atoms with Gasteiger partial charge < -0.3 is 21.1 Å². The van der Waals surface area contributed by atoms with E-state index in [4.69, 9.17) is 10.4 Å². The van der Waals surface area contributed by atoms with Crippen molar-refractivity contribution in [3.63, 3.8) is 0 Å². The number of anilines is 1. The molecule has 0 radical (unpaired) electrons. The van der Waals surface area contributed by atoms with E-state index in [2.05, 4.69) is 26.0 Å². The van der Waals surface area contributed by atoms with E-state index in [1.807, 2.05) is 6.07 Å². The molecule has 2 heterocycles. The maximum Gasteiger partial charge on any atom is 0.252 e. The van der Waals surface area contributed by atoms with E-state index in [0.29, 0.717) is 23.4 Å². The first-order chi connectivity index (χ1) is 13.6. The van der Waals surface area contributed by atoms with Gasteiger partial charge in [0.05, 0.1) is 43.0 Å². The van der Waals surface area contributed by atoms with Crippen molar-refractivity contribution in [1.82, 2.24) is 20.4 Å². The van der Waals surface area contributed by atoms with E-state index in [1.54, 1.807) is 41.3 Å². The molecule has 3 rings (SSSR count). The highest BCUT2D eigenvalue weighted by Gasteiger charge is 2.19. The van der Waals surface area contributed by atoms with Crippen LogP contribution in [-0.4, -0.2) is 46.5 Å². The van der Waals surface area contributed by atoms with Crippen molar-refractivity contribution >= 4 is 23.5 Å². The molecule has 1 atom stereocenters. The lowest BCUT2D eigenvalue weighted by atomic mass is 10.1. The summed E-state index contributed by atoms with van der Waals surface area (Å²) in [6.45, 7) is 0.265. The van der Waals surface area contributed by atoms with Crippen molar-refractivity contribution in [3.8, 4) is 6.07 Å². The Hall–Kier alpha value is -3.71. The van der Waals surface area contributed by atoms with Gasteiger partial charge in [0.2, 0.25) is 0 Å². The number of nitrogens with one attached hydrogen (secondary N) is 3. The van der Waals surface area contributed by atoms with Gasteiger partial charge in [-0.3, -0.25) is 9.48 Å². The average Bonchev–Trinajstić information content (AvgIpc) is 3.15. The molecule has 1 amide bonds. The molecular weight excluding hydrogens is 365 g/mol. The Morgan fingerprint density at radius 1 is 1.39 bits per heavy atom. The third-order valence-electron chi connectivity index (χ3n) is 3.89. The van der Waals surface area contributed by atoms with Gasteiger partial charge in [-0.15, -0.1) is 0 Å². The summed E-state index contributed by atoms with van der Waals surface area (Å²) in [6, 6.07) is 8.16. The van der Waals surface area contributed by atoms with Crippen LogP contribution in [0.1, 0.15) is 15.9 Å². The summed E-state index contributed by atoms with van der Waals surface area (Å²) >= 11 is 0. The van der Waals surface area contributed by atoms with Gasteiger partial charge in [-0.1, -0.05) is 12.1 Å². The molecule has 9 nitrogen and oxygen atoms in total. The molecule has 0 bridgehead atoms. The number of hydrogen-bond donors (Lipinski definition) is 4. The number of nitrogens with zero attached hydrogens (tertiary/aromatic N) is 4. The monoisotopic (exact) mass is 383 g/mol. The number of nitriles is 1. The summed E-state index contributed by atoms with van der Waals surface area (Å²) in [6.07, 6.45) is 3.79. The van der Waals surface area contributed by atoms with Crippen LogP contribution in [0.25, 0.3) is 5.70 Å². The normalized spacial score (nSPS) is 15.7. The molecule has 1 unspecified atom stereocenters. The number of allylic oxidation sites excluding steroid dienone is 1. The maximum absolute atomic E-state index is 14.3. The van der Waals surface area contributed by atoms with Crippen LogP contribution in [0.3, 0.4) is 0 Å². The summed E-state index contributed by atoms with van der Waals surface area (Å²) in [5, 5.41) is 30.0. The topological polar surface area (TPSA) is 127 Å². The van der Waals surface area contributed by atoms with Crippen LogP contribution < -0.4 is 16.0 Å². The molecule has 28 heavy (non-hydrogen) atoms. The molecule has 4 N–H and O–H groups in total. The van der Waals surface area contributed by atoms with Crippen LogP contribution in [0.15, 0.2) is 47.5 Å². The van der Waals surface area contributed by atoms with Crippen molar-refractivity contribution < 1.29 is 14.3 Å². The number of aliphatic hydroxyl groups is 1. The first-order valence-electron chi connectivity index (χ1n) is 8.45. The third-order valence-corrected chi connectivity index (χ3v) is 3.89. The lowest BCUT2D eigenvalue weighted by molar-refractivity contribution is 0.0958. The number of amides is 1. The fourth-order valence-electron chi connectivity index (χ4n) is 2.57. The molecule has 2 aromatic rings. The summed E-state index contributed by atoms with van der Waals surface area (Å²) in [5.41, 5.74) is 1.81. The zero-order valence-corrected chi connectivity index (χ0v) is 14.8. The molecule has 0 fully saturated rings. The number of hydrogen-bond acceptors (Lipinski definition) is 7. The SMILES string of the molecule is N#CCNC(=O)c1ccc(C2=C(F)C=NC(Nc3cnn(CCO)c3)N2)cc1. The second-order valence-electron chi connectivity index (χ2n) is 5.83. The second kappa shape index (κ2) is 8.79. The number of aliphatic imine (C=N–C) groups is 1. The fraction of sp³-hybridized carbons (Fsp3) is 0.222. The van der Waals surface area contributed by atoms with E-state index in [0.717, 1.165) is 6.21 Å². The van der Waals surface area contributed by atoms with Crippen molar-refractivity contribution in [2.24, 2.45) is 4.99 Å². The number of halogens is 1. The molecule has 144 valence electrons. The summed E-state index contributed by atoms with van der Waals surface area (Å²) in [7, 11) is 0. The highest BCUT2D eigenvalue weighted by molar-refractivity contribution is 5.95. The van der Waals surface area contributed by atoms with Crippen molar-refractivity contribution in [2.45, 2.75) is 12.8 Å². The molecular formula is C18H18FN7O2. The molecule has 0 spiro atoms. The Morgan fingerprint density at radius 3 is 2.89 bits per heavy atom. The second-order valence-corrected chi connectivity index (χ2v) is 5.83. The number of aromatic nitrogens is 2. The minimum absolute atomic E-state index is 0.0242. The van der Waals surface area contributed by atoms with Crippen LogP contribution in [0.2, 0.25) is 0 Å². The smallest absolute Gasteiger partial charge is 0.252 e. The van der Waals surface area contributed by atoms with E-state index < -0.39 is 12.1 Å². The van der Waals surface area contributed by atoms with Gasteiger partial charge in [0.15, 0.2) is 12.1 Å². The van der Waals surface area contributed by atoms with E-state index in [9.17, 15) is 9.18 Å². The lowest BCUT2D eigenvalue weighted by Crippen LogP contribution is -2.36. The minimum atomic E-state index is -0.611. The Balaban J connectivity index is 1.68. The van der Waals surface area contributed by atoms with Gasteiger partial charge in [0.1, 0.15) is 6.54 Å². The van der Waals surface area contributed by atoms with Crippen LogP contribution >= 0.6 is 0 Å². The number of benzene rings is 1. The first kappa shape index (κ1) is 19.1. The minimum Gasteiger partial charge on any atom is -0.394 e. The van der Waals surface area contributed by atoms with Gasteiger partial charge in [-0.05, 0) is 12.1 Å². The van der Waals surface area contributed by atoms with E-state index in [-0.39, 0.29) is 24.8 Å². The van der Waals surface area contributed by atoms with Crippen molar-refractivity contribution in [1.29, 1.82) is 5.26 Å². The number of rotatable bonds is 7. The fourth-order valence-corrected chi connectivity index (χ4v) is 2.57. The van der Waals surface area contributed by atoms with Gasteiger partial charge in [-0.25, -0.2) is 9.38 Å². The molecule has 10 heteroatoms. The highest BCUT2D eigenvalue weighted by atomic mass is 19.1. The Labute approximate surface area is 160 Å². The van der Waals surface area contributed by atoms with Crippen LogP contribution in [0, 0.1) is 11.3 Å². The first-order valence-corrected chi connectivity index (χ1v) is 8.45. The van der Waals surface area contributed by atoms with Gasteiger partial charge >= 0.3 is 0 Å². The zero-order chi connectivity index (χ0) is 19.9. The molecule has 1 aliphatic heterocycles. The van der Waals surface area contributed by atoms with Crippen molar-refractivity contribution in [3.05, 3.63) is 53.6 Å². The van der Waals surface area contributed by atoms with E-state index >= 15 is 0 Å². The van der Waals surface area contributed by atoms with Crippen LogP contribution in [0.4, 0.5) is 10.1 Å². The van der Waals surface area contributed by atoms with Gasteiger partial charge in [0, 0.05) is 17.3 Å².